The van der Waals surface area contributed by atoms with Crippen LogP contribution in [0, 0.1) is 5.92 Å². The van der Waals surface area contributed by atoms with Crippen molar-refractivity contribution in [3.8, 4) is 0 Å². The maximum Gasteiger partial charge on any atom is 0.237 e. The first-order valence-corrected chi connectivity index (χ1v) is 8.26. The number of nitrogens with two attached hydrogens (primary N) is 1. The van der Waals surface area contributed by atoms with Gasteiger partial charge in [0.1, 0.15) is 0 Å². The van der Waals surface area contributed by atoms with Crippen molar-refractivity contribution in [1.29, 1.82) is 0 Å². The molecule has 3 N–H and O–H groups in total. The van der Waals surface area contributed by atoms with Gasteiger partial charge in [-0.2, -0.15) is 0 Å². The predicted molar refractivity (Wildman–Crippen MR) is 82.4 cm³/mol. The zero-order chi connectivity index (χ0) is 14.8. The molecule has 3 atom stereocenters. The molecular weight excluding hydrogens is 250 g/mol. The largest absolute Gasteiger partial charge is 0.368 e. The highest BCUT2D eigenvalue weighted by atomic mass is 16.1. The Balaban J connectivity index is 1.93. The second kappa shape index (κ2) is 6.44. The maximum absolute atomic E-state index is 11.9. The standard InChI is InChI=1S/C16H31N3O/c1-4-13-6-5-9-19(11-13)12(2)10-16(3,15(17)20)18-14-7-8-14/h12-14,18H,4-11H2,1-3H3,(H2,17,20). The fourth-order valence-electron chi connectivity index (χ4n) is 3.46. The summed E-state index contributed by atoms with van der Waals surface area (Å²) in [5.41, 5.74) is 5.10. The first-order chi connectivity index (χ1) is 9.44. The lowest BCUT2D eigenvalue weighted by molar-refractivity contribution is -0.124. The van der Waals surface area contributed by atoms with E-state index in [0.29, 0.717) is 12.1 Å². The number of hydrogen-bond donors (Lipinski definition) is 2. The lowest BCUT2D eigenvalue weighted by Crippen LogP contribution is -2.57. The third-order valence-electron chi connectivity index (χ3n) is 5.10. The first-order valence-electron chi connectivity index (χ1n) is 8.26. The number of carbonyl (C=O) groups is 1. The molecule has 1 saturated heterocycles. The Morgan fingerprint density at radius 3 is 2.70 bits per heavy atom. The number of amides is 1. The molecule has 0 aromatic rings. The summed E-state index contributed by atoms with van der Waals surface area (Å²) in [6, 6.07) is 0.914. The van der Waals surface area contributed by atoms with Crippen molar-refractivity contribution in [2.24, 2.45) is 11.7 Å². The molecule has 0 bridgehead atoms. The summed E-state index contributed by atoms with van der Waals surface area (Å²) < 4.78 is 0. The van der Waals surface area contributed by atoms with Gasteiger partial charge in [-0.05, 0) is 58.4 Å². The molecule has 1 aliphatic heterocycles. The van der Waals surface area contributed by atoms with E-state index in [1.807, 2.05) is 6.92 Å². The van der Waals surface area contributed by atoms with Crippen molar-refractivity contribution >= 4 is 5.91 Å². The number of primary amides is 1. The zero-order valence-corrected chi connectivity index (χ0v) is 13.3. The Morgan fingerprint density at radius 1 is 1.45 bits per heavy atom. The molecule has 1 heterocycles. The molecule has 0 aromatic heterocycles. The van der Waals surface area contributed by atoms with Gasteiger partial charge in [-0.3, -0.25) is 4.79 Å². The Bertz CT molecular complexity index is 343. The Kier molecular flexibility index (Phi) is 5.08. The predicted octanol–water partition coefficient (Wildman–Crippen LogP) is 1.88. The van der Waals surface area contributed by atoms with Gasteiger partial charge in [0.15, 0.2) is 0 Å². The molecule has 2 fully saturated rings. The SMILES string of the molecule is CCC1CCCN(C(C)CC(C)(NC2CC2)C(N)=O)C1. The van der Waals surface area contributed by atoms with Crippen LogP contribution in [0.15, 0.2) is 0 Å². The van der Waals surface area contributed by atoms with Crippen LogP contribution < -0.4 is 11.1 Å². The van der Waals surface area contributed by atoms with Gasteiger partial charge in [-0.15, -0.1) is 0 Å². The van der Waals surface area contributed by atoms with Crippen LogP contribution >= 0.6 is 0 Å². The van der Waals surface area contributed by atoms with E-state index in [9.17, 15) is 4.79 Å². The van der Waals surface area contributed by atoms with Crippen LogP contribution in [0.3, 0.4) is 0 Å². The molecule has 20 heavy (non-hydrogen) atoms. The monoisotopic (exact) mass is 281 g/mol. The molecule has 116 valence electrons. The molecule has 2 aliphatic rings. The minimum Gasteiger partial charge on any atom is -0.368 e. The molecule has 0 spiro atoms. The summed E-state index contributed by atoms with van der Waals surface area (Å²) in [5.74, 6) is 0.614. The van der Waals surface area contributed by atoms with Crippen molar-refractivity contribution in [3.05, 3.63) is 0 Å². The highest BCUT2D eigenvalue weighted by Crippen LogP contribution is 2.28. The molecule has 1 aliphatic carbocycles. The lowest BCUT2D eigenvalue weighted by atomic mass is 9.89. The van der Waals surface area contributed by atoms with Gasteiger partial charge in [0.05, 0.1) is 5.54 Å². The average molecular weight is 281 g/mol. The molecule has 3 unspecified atom stereocenters. The molecule has 1 saturated carbocycles. The normalized spacial score (nSPS) is 28.9. The molecule has 4 heteroatoms. The highest BCUT2D eigenvalue weighted by molar-refractivity contribution is 5.84. The van der Waals surface area contributed by atoms with E-state index in [0.717, 1.165) is 18.9 Å². The van der Waals surface area contributed by atoms with Crippen molar-refractivity contribution in [3.63, 3.8) is 0 Å². The average Bonchev–Trinajstić information content (AvgIpc) is 3.22. The number of nitrogens with zero attached hydrogens (tertiary/aromatic N) is 1. The van der Waals surface area contributed by atoms with E-state index < -0.39 is 5.54 Å². The zero-order valence-electron chi connectivity index (χ0n) is 13.3. The number of likely N-dealkylation sites (tertiary alicyclic amines) is 1. The highest BCUT2D eigenvalue weighted by Gasteiger charge is 2.39. The first kappa shape index (κ1) is 15.8. The summed E-state index contributed by atoms with van der Waals surface area (Å²) in [5, 5.41) is 3.46. The van der Waals surface area contributed by atoms with Gasteiger partial charge in [-0.25, -0.2) is 0 Å². The minimum absolute atomic E-state index is 0.208. The molecule has 1 amide bonds. The third-order valence-corrected chi connectivity index (χ3v) is 5.10. The smallest absolute Gasteiger partial charge is 0.237 e. The second-order valence-electron chi connectivity index (χ2n) is 7.08. The summed E-state index contributed by atoms with van der Waals surface area (Å²) in [6.45, 7) is 8.84. The molecule has 2 rings (SSSR count). The van der Waals surface area contributed by atoms with Gasteiger partial charge in [0.25, 0.3) is 0 Å². The van der Waals surface area contributed by atoms with Crippen LogP contribution in [0.1, 0.15) is 59.3 Å². The van der Waals surface area contributed by atoms with E-state index in [1.165, 1.54) is 38.6 Å². The summed E-state index contributed by atoms with van der Waals surface area (Å²) in [6.07, 6.45) is 7.07. The van der Waals surface area contributed by atoms with Gasteiger partial charge < -0.3 is 16.0 Å². The fourth-order valence-corrected chi connectivity index (χ4v) is 3.46. The number of rotatable bonds is 7. The molecular formula is C16H31N3O. The van der Waals surface area contributed by atoms with E-state index in [-0.39, 0.29) is 5.91 Å². The van der Waals surface area contributed by atoms with Crippen molar-refractivity contribution in [2.45, 2.75) is 76.9 Å². The number of carbonyl (C=O) groups excluding carboxylic acids is 1. The van der Waals surface area contributed by atoms with Crippen molar-refractivity contribution in [1.82, 2.24) is 10.2 Å². The van der Waals surface area contributed by atoms with Crippen LogP contribution in [0.4, 0.5) is 0 Å². The molecule has 0 aromatic carbocycles. The Labute approximate surface area is 123 Å². The molecule has 4 nitrogen and oxygen atoms in total. The van der Waals surface area contributed by atoms with Crippen LogP contribution in [-0.4, -0.2) is 41.5 Å². The van der Waals surface area contributed by atoms with Gasteiger partial charge in [0.2, 0.25) is 5.91 Å². The number of piperidine rings is 1. The minimum atomic E-state index is -0.556. The summed E-state index contributed by atoms with van der Waals surface area (Å²) in [4.78, 5) is 14.4. The quantitative estimate of drug-likeness (QED) is 0.749. The maximum atomic E-state index is 11.9. The van der Waals surface area contributed by atoms with Gasteiger partial charge in [-0.1, -0.05) is 13.3 Å². The topological polar surface area (TPSA) is 58.4 Å². The van der Waals surface area contributed by atoms with Crippen molar-refractivity contribution < 1.29 is 4.79 Å². The summed E-state index contributed by atoms with van der Waals surface area (Å²) in [7, 11) is 0. The van der Waals surface area contributed by atoms with E-state index in [1.54, 1.807) is 0 Å². The summed E-state index contributed by atoms with van der Waals surface area (Å²) >= 11 is 0. The van der Waals surface area contributed by atoms with E-state index >= 15 is 0 Å². The van der Waals surface area contributed by atoms with Gasteiger partial charge >= 0.3 is 0 Å². The van der Waals surface area contributed by atoms with E-state index in [4.69, 9.17) is 5.73 Å². The Morgan fingerprint density at radius 2 is 2.15 bits per heavy atom. The van der Waals surface area contributed by atoms with Crippen LogP contribution in [0.25, 0.3) is 0 Å². The van der Waals surface area contributed by atoms with Crippen LogP contribution in [0.5, 0.6) is 0 Å². The third kappa shape index (κ3) is 3.95. The van der Waals surface area contributed by atoms with Crippen LogP contribution in [0.2, 0.25) is 0 Å². The van der Waals surface area contributed by atoms with E-state index in [2.05, 4.69) is 24.1 Å². The number of nitrogens with one attached hydrogen (secondary N) is 1. The van der Waals surface area contributed by atoms with Crippen LogP contribution in [-0.2, 0) is 4.79 Å². The fraction of sp³-hybridized carbons (Fsp3) is 0.938. The lowest BCUT2D eigenvalue weighted by Gasteiger charge is -2.40. The van der Waals surface area contributed by atoms with Gasteiger partial charge in [0, 0.05) is 18.6 Å². The second-order valence-corrected chi connectivity index (χ2v) is 7.08. The Hall–Kier alpha value is -0.610. The molecule has 0 radical (unpaired) electrons. The number of hydrogen-bond acceptors (Lipinski definition) is 3. The van der Waals surface area contributed by atoms with Crippen molar-refractivity contribution in [2.75, 3.05) is 13.1 Å².